The number of aryl methyl sites for hydroxylation is 1. The Bertz CT molecular complexity index is 359. The molecule has 2 aromatic carbocycles. The minimum absolute atomic E-state index is 1.35. The van der Waals surface area contributed by atoms with Crippen LogP contribution in [0, 0.1) is 6.92 Å². The van der Waals surface area contributed by atoms with Crippen molar-refractivity contribution in [3.05, 3.63) is 42.0 Å². The summed E-state index contributed by atoms with van der Waals surface area (Å²) in [6.45, 7) is 2.12. The van der Waals surface area contributed by atoms with Crippen molar-refractivity contribution in [3.63, 3.8) is 0 Å². The predicted molar refractivity (Wildman–Crippen MR) is 61.8 cm³/mol. The molecule has 0 heterocycles. The first-order chi connectivity index (χ1) is 6.59. The quantitative estimate of drug-likeness (QED) is 0.602. The molecule has 75 valence electrons. The van der Waals surface area contributed by atoms with E-state index in [9.17, 15) is 0 Å². The normalized spacial score (nSPS) is 9.43. The van der Waals surface area contributed by atoms with Gasteiger partial charge in [-0.1, -0.05) is 13.0 Å². The fourth-order valence-electron chi connectivity index (χ4n) is 1.31. The van der Waals surface area contributed by atoms with Gasteiger partial charge in [-0.25, -0.2) is 0 Å². The van der Waals surface area contributed by atoms with Crippen LogP contribution < -0.4 is 0 Å². The molecule has 0 saturated carbocycles. The van der Waals surface area contributed by atoms with Crippen LogP contribution in [0.2, 0.25) is 0 Å². The van der Waals surface area contributed by atoms with Crippen LogP contribution in [0.3, 0.4) is 0 Å². The van der Waals surface area contributed by atoms with Crippen molar-refractivity contribution in [2.45, 2.75) is 6.92 Å². The van der Waals surface area contributed by atoms with Crippen LogP contribution >= 0.6 is 25.5 Å². The van der Waals surface area contributed by atoms with Crippen LogP contribution in [0.4, 0.5) is 0 Å². The van der Waals surface area contributed by atoms with Gasteiger partial charge in [-0.2, -0.15) is 6.07 Å². The Hall–Kier alpha value is 0.583. The van der Waals surface area contributed by atoms with Gasteiger partial charge in [-0.05, 0) is 0 Å². The molecular formula is C10H9Cl3Zr-. The molecule has 0 aliphatic heterocycles. The van der Waals surface area contributed by atoms with E-state index in [4.69, 9.17) is 25.5 Å². The third-order valence-electron chi connectivity index (χ3n) is 1.76. The Morgan fingerprint density at radius 3 is 2.29 bits per heavy atom. The average molecular weight is 327 g/mol. The van der Waals surface area contributed by atoms with E-state index >= 15 is 0 Å². The molecule has 0 amide bonds. The van der Waals surface area contributed by atoms with Gasteiger partial charge in [0.2, 0.25) is 0 Å². The summed E-state index contributed by atoms with van der Waals surface area (Å²) in [7, 11) is 15.0. The number of hydrogen-bond donors (Lipinski definition) is 0. The van der Waals surface area contributed by atoms with E-state index in [0.29, 0.717) is 0 Å². The molecule has 0 aromatic heterocycles. The topological polar surface area (TPSA) is 0 Å². The summed E-state index contributed by atoms with van der Waals surface area (Å²) in [6.07, 6.45) is 0. The van der Waals surface area contributed by atoms with Crippen LogP contribution in [-0.2, 0) is 18.2 Å². The number of rotatable bonds is 0. The Morgan fingerprint density at radius 2 is 1.71 bits per heavy atom. The Balaban J connectivity index is 0.000000213. The van der Waals surface area contributed by atoms with Gasteiger partial charge in [0, 0.05) is 0 Å². The predicted octanol–water partition coefficient (Wildman–Crippen LogP) is 4.93. The summed E-state index contributed by atoms with van der Waals surface area (Å²) < 4.78 is 0. The van der Waals surface area contributed by atoms with E-state index in [-0.39, 0.29) is 0 Å². The Kier molecular flexibility index (Phi) is 5.63. The van der Waals surface area contributed by atoms with Crippen LogP contribution in [0.15, 0.2) is 36.4 Å². The number of hydrogen-bond acceptors (Lipinski definition) is 0. The third kappa shape index (κ3) is 4.40. The average Bonchev–Trinajstić information content (AvgIpc) is 2.42. The zero-order valence-electron chi connectivity index (χ0n) is 7.60. The van der Waals surface area contributed by atoms with Crippen molar-refractivity contribution < 1.29 is 18.2 Å². The molecule has 0 nitrogen and oxygen atoms in total. The second-order valence-electron chi connectivity index (χ2n) is 2.88. The van der Waals surface area contributed by atoms with Gasteiger partial charge in [0.1, 0.15) is 0 Å². The van der Waals surface area contributed by atoms with Gasteiger partial charge in [-0.3, -0.25) is 0 Å². The molecule has 2 aromatic rings. The van der Waals surface area contributed by atoms with Crippen LogP contribution in [0.1, 0.15) is 5.56 Å². The molecule has 0 N–H and O–H groups in total. The molecule has 4 heteroatoms. The SMILES string of the molecule is Cc1cc2ccccc2[cH-]1.[Cl][Zr]([Cl])[Cl]. The van der Waals surface area contributed by atoms with Gasteiger partial charge in [0.15, 0.2) is 0 Å². The van der Waals surface area contributed by atoms with E-state index in [1.54, 1.807) is 0 Å². The maximum absolute atomic E-state index is 5.00. The van der Waals surface area contributed by atoms with Crippen molar-refractivity contribution in [2.75, 3.05) is 0 Å². The van der Waals surface area contributed by atoms with E-state index in [1.807, 2.05) is 0 Å². The first-order valence-electron chi connectivity index (χ1n) is 4.05. The maximum atomic E-state index is 5.00. The fraction of sp³-hybridized carbons (Fsp3) is 0.100. The van der Waals surface area contributed by atoms with Crippen LogP contribution in [-0.4, -0.2) is 0 Å². The summed E-state index contributed by atoms with van der Waals surface area (Å²) in [4.78, 5) is 0. The fourth-order valence-corrected chi connectivity index (χ4v) is 1.31. The molecule has 0 aliphatic rings. The Morgan fingerprint density at radius 1 is 1.14 bits per heavy atom. The molecule has 2 rings (SSSR count). The number of benzene rings is 1. The molecule has 0 fully saturated rings. The molecule has 14 heavy (non-hydrogen) atoms. The van der Waals surface area contributed by atoms with Gasteiger partial charge in [0.25, 0.3) is 0 Å². The molecule has 0 aliphatic carbocycles. The minimum atomic E-state index is -2.13. The first kappa shape index (κ1) is 12.7. The van der Waals surface area contributed by atoms with Crippen molar-refractivity contribution in [2.24, 2.45) is 0 Å². The van der Waals surface area contributed by atoms with Gasteiger partial charge >= 0.3 is 43.7 Å². The van der Waals surface area contributed by atoms with Gasteiger partial charge < -0.3 is 0 Å². The first-order valence-corrected chi connectivity index (χ1v) is 13.5. The summed E-state index contributed by atoms with van der Waals surface area (Å²) in [5.41, 5.74) is 1.35. The van der Waals surface area contributed by atoms with E-state index < -0.39 is 18.2 Å². The van der Waals surface area contributed by atoms with Crippen molar-refractivity contribution in [1.29, 1.82) is 0 Å². The molecule has 0 unspecified atom stereocenters. The van der Waals surface area contributed by atoms with E-state index in [0.717, 1.165) is 0 Å². The Labute approximate surface area is 102 Å². The molecule has 0 saturated heterocycles. The molecule has 0 atom stereocenters. The summed E-state index contributed by atoms with van der Waals surface area (Å²) >= 11 is -2.13. The third-order valence-corrected chi connectivity index (χ3v) is 1.76. The standard InChI is InChI=1S/C10H9.3ClH.Zr/c1-8-6-9-4-2-3-5-10(9)7-8;;;;/h2-7H,1H3;3*1H;/q-1;;;;+3/p-3. The number of fused-ring (bicyclic) bond motifs is 1. The monoisotopic (exact) mass is 324 g/mol. The summed E-state index contributed by atoms with van der Waals surface area (Å²) in [5.74, 6) is 0. The van der Waals surface area contributed by atoms with Crippen molar-refractivity contribution in [1.82, 2.24) is 0 Å². The molecule has 0 bridgehead atoms. The zero-order chi connectivity index (χ0) is 10.6. The van der Waals surface area contributed by atoms with Gasteiger partial charge in [0.05, 0.1) is 0 Å². The zero-order valence-corrected chi connectivity index (χ0v) is 12.3. The van der Waals surface area contributed by atoms with Crippen LogP contribution in [0.25, 0.3) is 10.8 Å². The molecule has 0 radical (unpaired) electrons. The van der Waals surface area contributed by atoms with Crippen molar-refractivity contribution >= 4 is 36.3 Å². The second-order valence-corrected chi connectivity index (χ2v) is 14.1. The van der Waals surface area contributed by atoms with Gasteiger partial charge in [-0.15, -0.1) is 40.6 Å². The second kappa shape index (κ2) is 6.23. The molecule has 0 spiro atoms. The summed E-state index contributed by atoms with van der Waals surface area (Å²) in [5, 5.41) is 2.69. The summed E-state index contributed by atoms with van der Waals surface area (Å²) in [6, 6.07) is 12.8. The number of halogens is 3. The van der Waals surface area contributed by atoms with Crippen molar-refractivity contribution in [3.8, 4) is 0 Å². The van der Waals surface area contributed by atoms with E-state index in [2.05, 4.69) is 43.3 Å². The van der Waals surface area contributed by atoms with Crippen LogP contribution in [0.5, 0.6) is 0 Å². The molecular weight excluding hydrogens is 318 g/mol. The van der Waals surface area contributed by atoms with E-state index in [1.165, 1.54) is 16.3 Å².